The lowest BCUT2D eigenvalue weighted by atomic mass is 9.94. The van der Waals surface area contributed by atoms with Crippen molar-refractivity contribution in [1.29, 1.82) is 0 Å². The van der Waals surface area contributed by atoms with Gasteiger partial charge in [-0.1, -0.05) is 6.07 Å². The Morgan fingerprint density at radius 1 is 1.23 bits per heavy atom. The topological polar surface area (TPSA) is 113 Å². The van der Waals surface area contributed by atoms with Gasteiger partial charge in [0.25, 0.3) is 11.5 Å². The summed E-state index contributed by atoms with van der Waals surface area (Å²) in [5.74, 6) is 0.381. The molecule has 0 spiro atoms. The molecular weight excluding hydrogens is 396 g/mol. The molecule has 1 aliphatic rings. The Labute approximate surface area is 177 Å². The van der Waals surface area contributed by atoms with Crippen LogP contribution in [0.5, 0.6) is 5.88 Å². The molecule has 9 nitrogen and oxygen atoms in total. The highest BCUT2D eigenvalue weighted by atomic mass is 16.5. The molecule has 1 aliphatic heterocycles. The van der Waals surface area contributed by atoms with E-state index >= 15 is 0 Å². The standard InChI is InChI=1S/C22H22N6O3/c1-31-19-6-5-14(12-24-19)22(30)25-15-3-2-4-16-20(15)21-26-18(29)11-17(28(21)27-16)13-7-9-23-10-8-13/h2-6,11-13,23H,7-10H2,1H3,(H,25,30)(H,26,29). The van der Waals surface area contributed by atoms with Crippen LogP contribution < -0.4 is 20.9 Å². The van der Waals surface area contributed by atoms with E-state index in [-0.39, 0.29) is 17.4 Å². The fourth-order valence-corrected chi connectivity index (χ4v) is 4.13. The number of pyridine rings is 1. The van der Waals surface area contributed by atoms with Crippen LogP contribution in [-0.4, -0.2) is 45.7 Å². The van der Waals surface area contributed by atoms with Gasteiger partial charge in [-0.2, -0.15) is 5.10 Å². The molecule has 31 heavy (non-hydrogen) atoms. The highest BCUT2D eigenvalue weighted by Gasteiger charge is 2.22. The second kappa shape index (κ2) is 7.84. The molecule has 0 atom stereocenters. The molecule has 0 aliphatic carbocycles. The smallest absolute Gasteiger partial charge is 0.257 e. The molecule has 0 unspecified atom stereocenters. The van der Waals surface area contributed by atoms with E-state index in [0.717, 1.165) is 31.6 Å². The van der Waals surface area contributed by atoms with Crippen molar-refractivity contribution in [3.05, 3.63) is 64.2 Å². The van der Waals surface area contributed by atoms with Crippen LogP contribution >= 0.6 is 0 Å². The SMILES string of the molecule is COc1ccc(C(=O)Nc2cccc3nn4c(C5CCNCC5)cc(=O)[nH]c4c23)cn1. The molecule has 1 fully saturated rings. The van der Waals surface area contributed by atoms with Gasteiger partial charge in [-0.05, 0) is 44.1 Å². The molecule has 4 heterocycles. The molecule has 3 N–H and O–H groups in total. The maximum absolute atomic E-state index is 12.8. The first kappa shape index (κ1) is 19.3. The van der Waals surface area contributed by atoms with E-state index in [9.17, 15) is 9.59 Å². The number of hydrogen-bond donors (Lipinski definition) is 3. The molecule has 9 heteroatoms. The number of piperidine rings is 1. The lowest BCUT2D eigenvalue weighted by Crippen LogP contribution is -2.28. The van der Waals surface area contributed by atoms with Gasteiger partial charge in [-0.15, -0.1) is 0 Å². The predicted molar refractivity (Wildman–Crippen MR) is 117 cm³/mol. The molecule has 0 saturated carbocycles. The summed E-state index contributed by atoms with van der Waals surface area (Å²) in [6, 6.07) is 10.4. The molecule has 1 saturated heterocycles. The summed E-state index contributed by atoms with van der Waals surface area (Å²) in [4.78, 5) is 32.3. The quantitative estimate of drug-likeness (QED) is 0.469. The van der Waals surface area contributed by atoms with E-state index in [1.807, 2.05) is 16.6 Å². The molecule has 1 aromatic carbocycles. The van der Waals surface area contributed by atoms with Gasteiger partial charge in [0.2, 0.25) is 5.88 Å². The number of amides is 1. The van der Waals surface area contributed by atoms with Gasteiger partial charge < -0.3 is 20.4 Å². The monoisotopic (exact) mass is 418 g/mol. The number of aromatic amines is 1. The summed E-state index contributed by atoms with van der Waals surface area (Å²) < 4.78 is 6.86. The van der Waals surface area contributed by atoms with Crippen molar-refractivity contribution < 1.29 is 9.53 Å². The van der Waals surface area contributed by atoms with E-state index in [1.54, 1.807) is 24.3 Å². The van der Waals surface area contributed by atoms with E-state index in [4.69, 9.17) is 9.84 Å². The first-order valence-corrected chi connectivity index (χ1v) is 10.2. The maximum atomic E-state index is 12.8. The number of benzene rings is 1. The summed E-state index contributed by atoms with van der Waals surface area (Å²) >= 11 is 0. The van der Waals surface area contributed by atoms with Crippen LogP contribution in [0.2, 0.25) is 0 Å². The Morgan fingerprint density at radius 2 is 2.06 bits per heavy atom. The number of ether oxygens (including phenoxy) is 1. The first-order valence-electron chi connectivity index (χ1n) is 10.2. The number of carbonyl (C=O) groups excluding carboxylic acids is 1. The second-order valence-electron chi connectivity index (χ2n) is 7.59. The van der Waals surface area contributed by atoms with Gasteiger partial charge in [0.05, 0.1) is 35.0 Å². The Morgan fingerprint density at radius 3 is 2.81 bits per heavy atom. The summed E-state index contributed by atoms with van der Waals surface area (Å²) in [5.41, 5.74) is 2.98. The van der Waals surface area contributed by atoms with Gasteiger partial charge >= 0.3 is 0 Å². The number of aromatic nitrogens is 4. The van der Waals surface area contributed by atoms with Crippen molar-refractivity contribution in [2.75, 3.05) is 25.5 Å². The van der Waals surface area contributed by atoms with Crippen LogP contribution in [0, 0.1) is 0 Å². The molecular formula is C22H22N6O3. The van der Waals surface area contributed by atoms with E-state index in [1.165, 1.54) is 13.3 Å². The minimum atomic E-state index is -0.307. The fourth-order valence-electron chi connectivity index (χ4n) is 4.13. The second-order valence-corrected chi connectivity index (χ2v) is 7.59. The fraction of sp³-hybridized carbons (Fsp3) is 0.273. The van der Waals surface area contributed by atoms with E-state index in [2.05, 4.69) is 20.6 Å². The number of anilines is 1. The normalized spacial score (nSPS) is 14.7. The zero-order valence-electron chi connectivity index (χ0n) is 17.0. The number of hydrogen-bond acceptors (Lipinski definition) is 6. The van der Waals surface area contributed by atoms with Crippen molar-refractivity contribution >= 4 is 28.1 Å². The maximum Gasteiger partial charge on any atom is 0.257 e. The number of nitrogens with one attached hydrogen (secondary N) is 3. The van der Waals surface area contributed by atoms with Gasteiger partial charge in [-0.25, -0.2) is 9.50 Å². The third-order valence-corrected chi connectivity index (χ3v) is 5.68. The number of H-pyrrole nitrogens is 1. The summed E-state index contributed by atoms with van der Waals surface area (Å²) in [7, 11) is 1.52. The van der Waals surface area contributed by atoms with Crippen molar-refractivity contribution in [2.45, 2.75) is 18.8 Å². The van der Waals surface area contributed by atoms with Gasteiger partial charge in [0, 0.05) is 24.2 Å². The van der Waals surface area contributed by atoms with Gasteiger partial charge in [0.1, 0.15) is 5.65 Å². The van der Waals surface area contributed by atoms with Gasteiger partial charge in [0.15, 0.2) is 0 Å². The summed E-state index contributed by atoms with van der Waals surface area (Å²) in [5, 5.41) is 11.7. The van der Waals surface area contributed by atoms with Crippen LogP contribution in [-0.2, 0) is 0 Å². The first-order chi connectivity index (χ1) is 15.1. The molecule has 0 radical (unpaired) electrons. The highest BCUT2D eigenvalue weighted by Crippen LogP contribution is 2.30. The average molecular weight is 418 g/mol. The third kappa shape index (κ3) is 3.53. The molecule has 158 valence electrons. The van der Waals surface area contributed by atoms with E-state index < -0.39 is 0 Å². The Hall–Kier alpha value is -3.72. The zero-order valence-corrected chi connectivity index (χ0v) is 17.0. The summed E-state index contributed by atoms with van der Waals surface area (Å²) in [6.45, 7) is 1.83. The number of rotatable bonds is 4. The molecule has 0 bridgehead atoms. The lowest BCUT2D eigenvalue weighted by Gasteiger charge is -2.23. The number of nitrogens with zero attached hydrogens (tertiary/aromatic N) is 3. The number of carbonyl (C=O) groups is 1. The molecule has 4 aromatic rings. The highest BCUT2D eigenvalue weighted by molar-refractivity contribution is 6.11. The largest absolute Gasteiger partial charge is 0.481 e. The van der Waals surface area contributed by atoms with Crippen LogP contribution in [0.4, 0.5) is 5.69 Å². The van der Waals surface area contributed by atoms with Crippen LogP contribution in [0.3, 0.4) is 0 Å². The third-order valence-electron chi connectivity index (χ3n) is 5.68. The van der Waals surface area contributed by atoms with Crippen LogP contribution in [0.15, 0.2) is 47.4 Å². The zero-order chi connectivity index (χ0) is 21.4. The van der Waals surface area contributed by atoms with Crippen molar-refractivity contribution in [1.82, 2.24) is 24.9 Å². The predicted octanol–water partition coefficient (Wildman–Crippen LogP) is 2.30. The minimum Gasteiger partial charge on any atom is -0.481 e. The molecule has 5 rings (SSSR count). The van der Waals surface area contributed by atoms with Crippen LogP contribution in [0.1, 0.15) is 34.8 Å². The Balaban J connectivity index is 1.59. The van der Waals surface area contributed by atoms with Crippen molar-refractivity contribution in [3.63, 3.8) is 0 Å². The average Bonchev–Trinajstić information content (AvgIpc) is 3.18. The molecule has 1 amide bonds. The lowest BCUT2D eigenvalue weighted by molar-refractivity contribution is 0.102. The Kier molecular flexibility index (Phi) is 4.87. The van der Waals surface area contributed by atoms with Crippen molar-refractivity contribution in [2.24, 2.45) is 0 Å². The number of methoxy groups -OCH3 is 1. The number of fused-ring (bicyclic) bond motifs is 3. The minimum absolute atomic E-state index is 0.177. The van der Waals surface area contributed by atoms with Gasteiger partial charge in [-0.3, -0.25) is 9.59 Å². The Bertz CT molecular complexity index is 1320. The van der Waals surface area contributed by atoms with E-state index in [0.29, 0.717) is 33.7 Å². The van der Waals surface area contributed by atoms with Crippen LogP contribution in [0.25, 0.3) is 16.6 Å². The summed E-state index contributed by atoms with van der Waals surface area (Å²) in [6.07, 6.45) is 3.35. The molecule has 3 aromatic heterocycles. The van der Waals surface area contributed by atoms with Crippen molar-refractivity contribution in [3.8, 4) is 5.88 Å².